The fourth-order valence-corrected chi connectivity index (χ4v) is 1.45. The fourth-order valence-electron chi connectivity index (χ4n) is 1.45. The van der Waals surface area contributed by atoms with Gasteiger partial charge in [0, 0.05) is 12.0 Å². The number of benzene rings is 1. The highest BCUT2D eigenvalue weighted by Gasteiger charge is 2.13. The second-order valence-corrected chi connectivity index (χ2v) is 5.35. The zero-order valence-corrected chi connectivity index (χ0v) is 10.1. The van der Waals surface area contributed by atoms with Crippen LogP contribution in [0.15, 0.2) is 24.3 Å². The van der Waals surface area contributed by atoms with Crippen molar-refractivity contribution < 1.29 is 4.79 Å². The van der Waals surface area contributed by atoms with Gasteiger partial charge in [0.05, 0.1) is 0 Å². The zero-order valence-electron chi connectivity index (χ0n) is 10.1. The monoisotopic (exact) mass is 204 g/mol. The number of Topliss-reactive ketones (excluding diaryl/α,β-unsaturated/α-hetero) is 1. The second-order valence-electron chi connectivity index (χ2n) is 5.35. The van der Waals surface area contributed by atoms with Gasteiger partial charge in [-0.2, -0.15) is 0 Å². The molecule has 0 aromatic heterocycles. The maximum absolute atomic E-state index is 11.8. The summed E-state index contributed by atoms with van der Waals surface area (Å²) < 4.78 is 0. The summed E-state index contributed by atoms with van der Waals surface area (Å²) in [6.07, 6.45) is 1.59. The van der Waals surface area contributed by atoms with Crippen LogP contribution in [0.5, 0.6) is 0 Å². The summed E-state index contributed by atoms with van der Waals surface area (Å²) in [7, 11) is 0. The van der Waals surface area contributed by atoms with E-state index in [1.807, 2.05) is 31.2 Å². The first-order valence-electron chi connectivity index (χ1n) is 5.48. The standard InChI is InChI=1S/C14H20O/c1-11-6-5-7-12(10-11)13(15)8-9-14(2,3)4/h5-7,10H,8-9H2,1-4H3. The average molecular weight is 204 g/mol. The van der Waals surface area contributed by atoms with Crippen molar-refractivity contribution in [1.29, 1.82) is 0 Å². The van der Waals surface area contributed by atoms with Gasteiger partial charge in [0.2, 0.25) is 0 Å². The highest BCUT2D eigenvalue weighted by Crippen LogP contribution is 2.22. The molecule has 82 valence electrons. The minimum atomic E-state index is 0.236. The summed E-state index contributed by atoms with van der Waals surface area (Å²) in [5.74, 6) is 0.258. The lowest BCUT2D eigenvalue weighted by Gasteiger charge is -2.17. The van der Waals surface area contributed by atoms with Crippen molar-refractivity contribution in [3.8, 4) is 0 Å². The maximum Gasteiger partial charge on any atom is 0.162 e. The highest BCUT2D eigenvalue weighted by molar-refractivity contribution is 5.96. The molecule has 0 aliphatic carbocycles. The largest absolute Gasteiger partial charge is 0.294 e. The number of ketones is 1. The van der Waals surface area contributed by atoms with Crippen LogP contribution in [0.2, 0.25) is 0 Å². The Bertz CT molecular complexity index is 345. The van der Waals surface area contributed by atoms with Crippen LogP contribution < -0.4 is 0 Å². The lowest BCUT2D eigenvalue weighted by molar-refractivity contribution is 0.0966. The molecule has 0 spiro atoms. The molecule has 0 unspecified atom stereocenters. The van der Waals surface area contributed by atoms with E-state index in [2.05, 4.69) is 20.8 Å². The van der Waals surface area contributed by atoms with Crippen molar-refractivity contribution in [3.63, 3.8) is 0 Å². The maximum atomic E-state index is 11.8. The molecule has 0 aliphatic rings. The van der Waals surface area contributed by atoms with E-state index >= 15 is 0 Å². The smallest absolute Gasteiger partial charge is 0.162 e. The highest BCUT2D eigenvalue weighted by atomic mass is 16.1. The summed E-state index contributed by atoms with van der Waals surface area (Å²) in [6, 6.07) is 7.82. The van der Waals surface area contributed by atoms with Gasteiger partial charge in [-0.25, -0.2) is 0 Å². The SMILES string of the molecule is Cc1cccc(C(=O)CCC(C)(C)C)c1. The zero-order chi connectivity index (χ0) is 11.5. The van der Waals surface area contributed by atoms with Crippen molar-refractivity contribution in [3.05, 3.63) is 35.4 Å². The Morgan fingerprint density at radius 2 is 1.93 bits per heavy atom. The number of carbonyl (C=O) groups excluding carboxylic acids is 1. The second kappa shape index (κ2) is 4.61. The van der Waals surface area contributed by atoms with E-state index in [4.69, 9.17) is 0 Å². The van der Waals surface area contributed by atoms with E-state index in [0.717, 1.165) is 17.5 Å². The molecular formula is C14H20O. The molecule has 0 atom stereocenters. The fraction of sp³-hybridized carbons (Fsp3) is 0.500. The van der Waals surface area contributed by atoms with Crippen LogP contribution in [0, 0.1) is 12.3 Å². The topological polar surface area (TPSA) is 17.1 Å². The molecule has 1 heteroatoms. The number of carbonyl (C=O) groups is 1. The average Bonchev–Trinajstić information content (AvgIpc) is 2.13. The molecule has 0 saturated heterocycles. The quantitative estimate of drug-likeness (QED) is 0.680. The van der Waals surface area contributed by atoms with E-state index in [-0.39, 0.29) is 11.2 Å². The molecule has 0 fully saturated rings. The molecule has 0 bridgehead atoms. The van der Waals surface area contributed by atoms with E-state index in [1.165, 1.54) is 0 Å². The third-order valence-electron chi connectivity index (χ3n) is 2.44. The van der Waals surface area contributed by atoms with Gasteiger partial charge >= 0.3 is 0 Å². The molecule has 1 aromatic carbocycles. The molecule has 0 saturated carbocycles. The lowest BCUT2D eigenvalue weighted by Crippen LogP contribution is -2.09. The van der Waals surface area contributed by atoms with E-state index in [0.29, 0.717) is 6.42 Å². The summed E-state index contributed by atoms with van der Waals surface area (Å²) in [5, 5.41) is 0. The van der Waals surface area contributed by atoms with Gasteiger partial charge < -0.3 is 0 Å². The Hall–Kier alpha value is -1.11. The molecule has 1 nitrogen and oxygen atoms in total. The summed E-state index contributed by atoms with van der Waals surface area (Å²) in [5.41, 5.74) is 2.23. The molecule has 1 rings (SSSR count). The Labute approximate surface area is 92.5 Å². The van der Waals surface area contributed by atoms with Crippen LogP contribution in [-0.4, -0.2) is 5.78 Å². The van der Waals surface area contributed by atoms with Gasteiger partial charge in [0.1, 0.15) is 0 Å². The number of hydrogen-bond donors (Lipinski definition) is 0. The van der Waals surface area contributed by atoms with Gasteiger partial charge in [-0.15, -0.1) is 0 Å². The first kappa shape index (κ1) is 12.0. The predicted octanol–water partition coefficient (Wildman–Crippen LogP) is 4.00. The molecule has 15 heavy (non-hydrogen) atoms. The van der Waals surface area contributed by atoms with Gasteiger partial charge in [-0.1, -0.05) is 44.5 Å². The summed E-state index contributed by atoms with van der Waals surface area (Å²) >= 11 is 0. The minimum absolute atomic E-state index is 0.236. The number of aryl methyl sites for hydroxylation is 1. The van der Waals surface area contributed by atoms with Crippen LogP contribution in [0.4, 0.5) is 0 Å². The van der Waals surface area contributed by atoms with Crippen molar-refractivity contribution in [2.45, 2.75) is 40.5 Å². The van der Waals surface area contributed by atoms with Crippen LogP contribution in [0.1, 0.15) is 49.5 Å². The first-order chi connectivity index (χ1) is 6.88. The minimum Gasteiger partial charge on any atom is -0.294 e. The molecular weight excluding hydrogens is 184 g/mol. The van der Waals surface area contributed by atoms with Crippen LogP contribution >= 0.6 is 0 Å². The number of hydrogen-bond acceptors (Lipinski definition) is 1. The normalized spacial score (nSPS) is 11.5. The Balaban J connectivity index is 2.62. The van der Waals surface area contributed by atoms with Gasteiger partial charge in [0.25, 0.3) is 0 Å². The third kappa shape index (κ3) is 4.28. The summed E-state index contributed by atoms with van der Waals surface area (Å²) in [6.45, 7) is 8.50. The van der Waals surface area contributed by atoms with Crippen LogP contribution in [-0.2, 0) is 0 Å². The lowest BCUT2D eigenvalue weighted by atomic mass is 9.88. The molecule has 0 amide bonds. The molecule has 1 aromatic rings. The van der Waals surface area contributed by atoms with Crippen molar-refractivity contribution >= 4 is 5.78 Å². The van der Waals surface area contributed by atoms with Crippen LogP contribution in [0.3, 0.4) is 0 Å². The Morgan fingerprint density at radius 3 is 2.47 bits per heavy atom. The van der Waals surface area contributed by atoms with Gasteiger partial charge in [0.15, 0.2) is 5.78 Å². The van der Waals surface area contributed by atoms with Gasteiger partial charge in [-0.05, 0) is 24.8 Å². The number of rotatable bonds is 3. The molecule has 0 heterocycles. The van der Waals surface area contributed by atoms with Gasteiger partial charge in [-0.3, -0.25) is 4.79 Å². The predicted molar refractivity (Wildman–Crippen MR) is 64.2 cm³/mol. The van der Waals surface area contributed by atoms with Crippen molar-refractivity contribution in [2.75, 3.05) is 0 Å². The molecule has 0 radical (unpaired) electrons. The van der Waals surface area contributed by atoms with E-state index in [9.17, 15) is 4.79 Å². The molecule has 0 aliphatic heterocycles. The summed E-state index contributed by atoms with van der Waals surface area (Å²) in [4.78, 5) is 11.8. The Morgan fingerprint density at radius 1 is 1.27 bits per heavy atom. The first-order valence-corrected chi connectivity index (χ1v) is 5.48. The van der Waals surface area contributed by atoms with E-state index < -0.39 is 0 Å². The third-order valence-corrected chi connectivity index (χ3v) is 2.44. The van der Waals surface area contributed by atoms with E-state index in [1.54, 1.807) is 0 Å². The van der Waals surface area contributed by atoms with Crippen molar-refractivity contribution in [1.82, 2.24) is 0 Å². The Kier molecular flexibility index (Phi) is 3.67. The molecule has 0 N–H and O–H groups in total. The van der Waals surface area contributed by atoms with Crippen molar-refractivity contribution in [2.24, 2.45) is 5.41 Å². The van der Waals surface area contributed by atoms with Crippen LogP contribution in [0.25, 0.3) is 0 Å².